The zero-order chi connectivity index (χ0) is 28.0. The van der Waals surface area contributed by atoms with Gasteiger partial charge in [0.2, 0.25) is 5.91 Å². The van der Waals surface area contributed by atoms with Crippen LogP contribution in [0.3, 0.4) is 0 Å². The fourth-order valence-electron chi connectivity index (χ4n) is 3.21. The van der Waals surface area contributed by atoms with E-state index in [9.17, 15) is 31.5 Å². The number of carbonyl (C=O) groups excluding carboxylic acids is 2. The maximum absolute atomic E-state index is 13.5. The number of alkyl halides is 5. The van der Waals surface area contributed by atoms with Crippen molar-refractivity contribution in [2.45, 2.75) is 33.0 Å². The molecule has 0 saturated heterocycles. The van der Waals surface area contributed by atoms with Gasteiger partial charge in [0.25, 0.3) is 12.3 Å². The van der Waals surface area contributed by atoms with E-state index in [4.69, 9.17) is 5.73 Å². The highest BCUT2D eigenvalue weighted by atomic mass is 19.4. The standard InChI is InChI=1S/C26H24F5N5O2/c1-14(2)24(37)35-12-15-9-20(22(23(27)28)34-11-15)25(38)36-19-7-8-21(32)16(10-19)13-33-18-5-3-17(4-6-18)26(29,30)31/h3-11,13-14,23H,12,32H2,1-2H3,(H,35,37)(H,36,38). The van der Waals surface area contributed by atoms with Crippen LogP contribution in [0.4, 0.5) is 39.0 Å². The third kappa shape index (κ3) is 7.34. The molecule has 0 spiro atoms. The second-order valence-electron chi connectivity index (χ2n) is 8.55. The van der Waals surface area contributed by atoms with Gasteiger partial charge in [-0.05, 0) is 54.1 Å². The maximum Gasteiger partial charge on any atom is 0.416 e. The molecule has 0 bridgehead atoms. The molecule has 12 heteroatoms. The third-order valence-electron chi connectivity index (χ3n) is 5.31. The minimum Gasteiger partial charge on any atom is -0.398 e. The molecular weight excluding hydrogens is 509 g/mol. The van der Waals surface area contributed by atoms with Gasteiger partial charge >= 0.3 is 6.18 Å². The van der Waals surface area contributed by atoms with Crippen LogP contribution in [0.5, 0.6) is 0 Å². The highest BCUT2D eigenvalue weighted by Gasteiger charge is 2.29. The molecule has 1 aromatic heterocycles. The molecule has 0 aliphatic heterocycles. The largest absolute Gasteiger partial charge is 0.416 e. The van der Waals surface area contributed by atoms with E-state index in [0.29, 0.717) is 11.1 Å². The average Bonchev–Trinajstić information content (AvgIpc) is 2.86. The molecule has 3 aromatic rings. The van der Waals surface area contributed by atoms with Crippen LogP contribution in [0.2, 0.25) is 0 Å². The Hall–Kier alpha value is -4.35. The molecule has 0 fully saturated rings. The van der Waals surface area contributed by atoms with E-state index in [-0.39, 0.29) is 41.0 Å². The number of halogens is 5. The number of pyridine rings is 1. The van der Waals surface area contributed by atoms with Crippen LogP contribution in [-0.2, 0) is 17.5 Å². The van der Waals surface area contributed by atoms with E-state index in [2.05, 4.69) is 20.6 Å². The van der Waals surface area contributed by atoms with Gasteiger partial charge in [0.15, 0.2) is 0 Å². The van der Waals surface area contributed by atoms with Crippen molar-refractivity contribution in [1.82, 2.24) is 10.3 Å². The Morgan fingerprint density at radius 1 is 1.08 bits per heavy atom. The van der Waals surface area contributed by atoms with Gasteiger partial charge in [0.05, 0.1) is 16.8 Å². The molecule has 0 aliphatic rings. The van der Waals surface area contributed by atoms with Crippen LogP contribution in [0, 0.1) is 5.92 Å². The molecule has 38 heavy (non-hydrogen) atoms. The number of nitrogens with one attached hydrogen (secondary N) is 2. The van der Waals surface area contributed by atoms with E-state index in [1.165, 1.54) is 42.6 Å². The van der Waals surface area contributed by atoms with Gasteiger partial charge in [-0.15, -0.1) is 0 Å². The number of aromatic nitrogens is 1. The summed E-state index contributed by atoms with van der Waals surface area (Å²) < 4.78 is 65.3. The molecule has 2 aromatic carbocycles. The number of nitrogens with two attached hydrogens (primary N) is 1. The summed E-state index contributed by atoms with van der Waals surface area (Å²) in [7, 11) is 0. The summed E-state index contributed by atoms with van der Waals surface area (Å²) >= 11 is 0. The Labute approximate surface area is 215 Å². The van der Waals surface area contributed by atoms with Gasteiger partial charge in [0.1, 0.15) is 5.69 Å². The highest BCUT2D eigenvalue weighted by Crippen LogP contribution is 2.30. The lowest BCUT2D eigenvalue weighted by Crippen LogP contribution is -2.27. The number of hydrogen-bond donors (Lipinski definition) is 3. The van der Waals surface area contributed by atoms with Crippen molar-refractivity contribution in [2.24, 2.45) is 10.9 Å². The number of anilines is 2. The summed E-state index contributed by atoms with van der Waals surface area (Å²) in [6, 6.07) is 9.73. The van der Waals surface area contributed by atoms with E-state index < -0.39 is 29.8 Å². The number of aliphatic imine (C=N–C) groups is 1. The second kappa shape index (κ2) is 11.8. The molecule has 0 aliphatic carbocycles. The molecule has 0 atom stereocenters. The van der Waals surface area contributed by atoms with Gasteiger partial charge < -0.3 is 16.4 Å². The molecular formula is C26H24F5N5O2. The van der Waals surface area contributed by atoms with E-state index in [1.807, 2.05) is 0 Å². The molecule has 0 radical (unpaired) electrons. The van der Waals surface area contributed by atoms with Crippen LogP contribution in [0.15, 0.2) is 59.7 Å². The zero-order valence-corrected chi connectivity index (χ0v) is 20.3. The van der Waals surface area contributed by atoms with Gasteiger partial charge in [-0.25, -0.2) is 8.78 Å². The lowest BCUT2D eigenvalue weighted by atomic mass is 10.1. The third-order valence-corrected chi connectivity index (χ3v) is 5.31. The lowest BCUT2D eigenvalue weighted by Gasteiger charge is -2.13. The lowest BCUT2D eigenvalue weighted by molar-refractivity contribution is -0.137. The number of benzene rings is 2. The monoisotopic (exact) mass is 533 g/mol. The zero-order valence-electron chi connectivity index (χ0n) is 20.3. The first-order chi connectivity index (χ1) is 17.8. The molecule has 200 valence electrons. The van der Waals surface area contributed by atoms with E-state index in [1.54, 1.807) is 13.8 Å². The Bertz CT molecular complexity index is 1340. The molecule has 2 amide bonds. The van der Waals surface area contributed by atoms with Crippen molar-refractivity contribution < 1.29 is 31.5 Å². The van der Waals surface area contributed by atoms with E-state index in [0.717, 1.165) is 18.3 Å². The highest BCUT2D eigenvalue weighted by molar-refractivity contribution is 6.06. The van der Waals surface area contributed by atoms with Gasteiger partial charge in [-0.1, -0.05) is 13.8 Å². The number of nitrogen functional groups attached to an aromatic ring is 1. The van der Waals surface area contributed by atoms with Crippen LogP contribution in [0.25, 0.3) is 0 Å². The molecule has 4 N–H and O–H groups in total. The number of amides is 2. The molecule has 3 rings (SSSR count). The smallest absolute Gasteiger partial charge is 0.398 e. The number of nitrogens with zero attached hydrogens (tertiary/aromatic N) is 2. The maximum atomic E-state index is 13.5. The summed E-state index contributed by atoms with van der Waals surface area (Å²) in [5.41, 5.74) is 5.43. The Kier molecular flexibility index (Phi) is 8.76. The minimum atomic E-state index is -4.47. The Morgan fingerprint density at radius 3 is 2.37 bits per heavy atom. The quantitative estimate of drug-likeness (QED) is 0.190. The first-order valence-corrected chi connectivity index (χ1v) is 11.3. The average molecular weight is 534 g/mol. The van der Waals surface area contributed by atoms with Crippen molar-refractivity contribution >= 4 is 35.1 Å². The van der Waals surface area contributed by atoms with Crippen LogP contribution < -0.4 is 16.4 Å². The summed E-state index contributed by atoms with van der Waals surface area (Å²) in [6.07, 6.45) is -5.02. The van der Waals surface area contributed by atoms with Crippen LogP contribution in [-0.4, -0.2) is 23.0 Å². The van der Waals surface area contributed by atoms with Crippen molar-refractivity contribution in [2.75, 3.05) is 11.1 Å². The number of carbonyl (C=O) groups is 2. The van der Waals surface area contributed by atoms with Gasteiger partial charge in [0, 0.05) is 41.8 Å². The first-order valence-electron chi connectivity index (χ1n) is 11.3. The fraction of sp³-hybridized carbons (Fsp3) is 0.231. The van der Waals surface area contributed by atoms with Crippen molar-refractivity contribution in [3.05, 3.63) is 82.7 Å². The normalized spacial score (nSPS) is 11.8. The summed E-state index contributed by atoms with van der Waals surface area (Å²) in [5.74, 6) is -1.39. The first kappa shape index (κ1) is 28.2. The van der Waals surface area contributed by atoms with Crippen molar-refractivity contribution in [3.8, 4) is 0 Å². The molecule has 0 unspecified atom stereocenters. The van der Waals surface area contributed by atoms with Crippen molar-refractivity contribution in [1.29, 1.82) is 0 Å². The van der Waals surface area contributed by atoms with Crippen LogP contribution >= 0.6 is 0 Å². The Balaban J connectivity index is 1.80. The number of rotatable bonds is 8. The topological polar surface area (TPSA) is 109 Å². The number of hydrogen-bond acceptors (Lipinski definition) is 5. The molecule has 1 heterocycles. The van der Waals surface area contributed by atoms with Gasteiger partial charge in [-0.2, -0.15) is 13.2 Å². The second-order valence-corrected chi connectivity index (χ2v) is 8.55. The predicted octanol–water partition coefficient (Wildman–Crippen LogP) is 5.90. The Morgan fingerprint density at radius 2 is 1.76 bits per heavy atom. The SMILES string of the molecule is CC(C)C(=O)NCc1cnc(C(F)F)c(C(=O)Nc2ccc(N)c(C=Nc3ccc(C(F)(F)F)cc3)c2)c1. The summed E-state index contributed by atoms with van der Waals surface area (Å²) in [6.45, 7) is 3.39. The fourth-order valence-corrected chi connectivity index (χ4v) is 3.21. The van der Waals surface area contributed by atoms with Crippen molar-refractivity contribution in [3.63, 3.8) is 0 Å². The molecule has 7 nitrogen and oxygen atoms in total. The van der Waals surface area contributed by atoms with Gasteiger partial charge in [-0.3, -0.25) is 19.6 Å². The summed E-state index contributed by atoms with van der Waals surface area (Å²) in [4.78, 5) is 32.5. The van der Waals surface area contributed by atoms with E-state index >= 15 is 0 Å². The summed E-state index contributed by atoms with van der Waals surface area (Å²) in [5, 5.41) is 5.14. The minimum absolute atomic E-state index is 0.000242. The molecule has 0 saturated carbocycles. The van der Waals surface area contributed by atoms with Crippen LogP contribution in [0.1, 0.15) is 53.0 Å². The predicted molar refractivity (Wildman–Crippen MR) is 133 cm³/mol.